The van der Waals surface area contributed by atoms with E-state index in [0.29, 0.717) is 11.7 Å². The molecule has 0 fully saturated rings. The second kappa shape index (κ2) is 7.21. The van der Waals surface area contributed by atoms with Gasteiger partial charge in [-0.2, -0.15) is 0 Å². The molecule has 0 aliphatic heterocycles. The van der Waals surface area contributed by atoms with Crippen LogP contribution in [0.15, 0.2) is 29.7 Å². The molecule has 0 bridgehead atoms. The van der Waals surface area contributed by atoms with Gasteiger partial charge in [0.15, 0.2) is 0 Å². The molecular weight excluding hydrogens is 286 g/mol. The Morgan fingerprint density at radius 1 is 1.48 bits per heavy atom. The fourth-order valence-electron chi connectivity index (χ4n) is 1.77. The predicted molar refractivity (Wildman–Crippen MR) is 81.7 cm³/mol. The summed E-state index contributed by atoms with van der Waals surface area (Å²) in [5.41, 5.74) is 0.979. The van der Waals surface area contributed by atoms with Gasteiger partial charge in [0.05, 0.1) is 5.25 Å². The summed E-state index contributed by atoms with van der Waals surface area (Å²) in [4.78, 5) is 20.6. The van der Waals surface area contributed by atoms with E-state index >= 15 is 0 Å². The van der Waals surface area contributed by atoms with Gasteiger partial charge in [-0.05, 0) is 24.5 Å². The van der Waals surface area contributed by atoms with Crippen molar-refractivity contribution in [3.8, 4) is 0 Å². The molecule has 7 heteroatoms. The van der Waals surface area contributed by atoms with Crippen LogP contribution < -0.4 is 5.32 Å². The Kier molecular flexibility index (Phi) is 5.32. The third kappa shape index (κ3) is 4.56. The molecule has 2 heterocycles. The second-order valence-electron chi connectivity index (χ2n) is 5.06. The third-order valence-electron chi connectivity index (χ3n) is 2.86. The van der Waals surface area contributed by atoms with E-state index in [9.17, 15) is 4.79 Å². The quantitative estimate of drug-likeness (QED) is 0.797. The molecule has 1 unspecified atom stereocenters. The number of aromatic nitrogens is 4. The van der Waals surface area contributed by atoms with E-state index in [0.717, 1.165) is 11.4 Å². The Labute approximate surface area is 128 Å². The van der Waals surface area contributed by atoms with Crippen LogP contribution in [0.1, 0.15) is 25.2 Å². The highest BCUT2D eigenvalue weighted by molar-refractivity contribution is 8.00. The maximum Gasteiger partial charge on any atom is 0.234 e. The summed E-state index contributed by atoms with van der Waals surface area (Å²) in [6.45, 7) is 6.34. The maximum absolute atomic E-state index is 12.4. The number of H-pyrrole nitrogens is 1. The van der Waals surface area contributed by atoms with E-state index in [4.69, 9.17) is 0 Å². The zero-order valence-corrected chi connectivity index (χ0v) is 13.1. The van der Waals surface area contributed by atoms with Crippen LogP contribution in [0.3, 0.4) is 0 Å². The van der Waals surface area contributed by atoms with E-state index in [2.05, 4.69) is 25.5 Å². The SMILES string of the molecule is Cc1nc(SC(C(=O)NCc2cccnc2)C(C)C)n[nH]1. The normalized spacial score (nSPS) is 12.4. The van der Waals surface area contributed by atoms with Crippen molar-refractivity contribution < 1.29 is 4.79 Å². The number of amides is 1. The molecule has 1 atom stereocenters. The Morgan fingerprint density at radius 3 is 2.86 bits per heavy atom. The topological polar surface area (TPSA) is 83.6 Å². The van der Waals surface area contributed by atoms with E-state index < -0.39 is 0 Å². The Morgan fingerprint density at radius 2 is 2.29 bits per heavy atom. The largest absolute Gasteiger partial charge is 0.351 e. The molecule has 0 saturated heterocycles. The van der Waals surface area contributed by atoms with Crippen molar-refractivity contribution in [2.24, 2.45) is 5.92 Å². The molecule has 2 N–H and O–H groups in total. The number of rotatable bonds is 6. The fraction of sp³-hybridized carbons (Fsp3) is 0.429. The van der Waals surface area contributed by atoms with Gasteiger partial charge < -0.3 is 5.32 Å². The summed E-state index contributed by atoms with van der Waals surface area (Å²) in [6.07, 6.45) is 3.46. The van der Waals surface area contributed by atoms with Crippen LogP contribution in [0.2, 0.25) is 0 Å². The molecule has 2 aromatic heterocycles. The van der Waals surface area contributed by atoms with Crippen LogP contribution in [0, 0.1) is 12.8 Å². The molecule has 0 radical (unpaired) electrons. The maximum atomic E-state index is 12.4. The van der Waals surface area contributed by atoms with Gasteiger partial charge in [-0.25, -0.2) is 4.98 Å². The molecule has 0 spiro atoms. The van der Waals surface area contributed by atoms with Gasteiger partial charge in [-0.1, -0.05) is 31.7 Å². The monoisotopic (exact) mass is 305 g/mol. The fourth-order valence-corrected chi connectivity index (χ4v) is 2.75. The number of hydrogen-bond donors (Lipinski definition) is 2. The summed E-state index contributed by atoms with van der Waals surface area (Å²) in [6, 6.07) is 3.79. The predicted octanol–water partition coefficient (Wildman–Crippen LogP) is 1.94. The average Bonchev–Trinajstić information content (AvgIpc) is 2.88. The lowest BCUT2D eigenvalue weighted by molar-refractivity contribution is -0.121. The second-order valence-corrected chi connectivity index (χ2v) is 6.17. The van der Waals surface area contributed by atoms with Crippen LogP contribution in [0.4, 0.5) is 0 Å². The number of thioether (sulfide) groups is 1. The number of aromatic amines is 1. The summed E-state index contributed by atoms with van der Waals surface area (Å²) < 4.78 is 0. The highest BCUT2D eigenvalue weighted by atomic mass is 32.2. The van der Waals surface area contributed by atoms with Crippen LogP contribution in [0.5, 0.6) is 0 Å². The van der Waals surface area contributed by atoms with Crippen molar-refractivity contribution in [2.45, 2.75) is 37.7 Å². The summed E-state index contributed by atoms with van der Waals surface area (Å²) >= 11 is 1.38. The summed E-state index contributed by atoms with van der Waals surface area (Å²) in [5, 5.41) is 10.2. The van der Waals surface area contributed by atoms with Crippen LogP contribution in [-0.4, -0.2) is 31.3 Å². The molecule has 1 amide bonds. The van der Waals surface area contributed by atoms with Crippen molar-refractivity contribution in [2.75, 3.05) is 0 Å². The van der Waals surface area contributed by atoms with Gasteiger partial charge in [0.25, 0.3) is 0 Å². The van der Waals surface area contributed by atoms with E-state index in [1.54, 1.807) is 12.4 Å². The summed E-state index contributed by atoms with van der Waals surface area (Å²) in [5.74, 6) is 0.916. The first kappa shape index (κ1) is 15.5. The minimum absolute atomic E-state index is 0.0127. The molecule has 2 rings (SSSR count). The highest BCUT2D eigenvalue weighted by Crippen LogP contribution is 2.25. The molecule has 0 aliphatic carbocycles. The van der Waals surface area contributed by atoms with Gasteiger partial charge in [-0.15, -0.1) is 5.10 Å². The minimum atomic E-state index is -0.225. The molecule has 0 saturated carbocycles. The highest BCUT2D eigenvalue weighted by Gasteiger charge is 2.25. The van der Waals surface area contributed by atoms with Crippen molar-refractivity contribution >= 4 is 17.7 Å². The first-order valence-corrected chi connectivity index (χ1v) is 7.66. The Bertz CT molecular complexity index is 584. The van der Waals surface area contributed by atoms with E-state index in [1.165, 1.54) is 11.8 Å². The number of pyridine rings is 1. The number of hydrogen-bond acceptors (Lipinski definition) is 5. The molecule has 2 aromatic rings. The lowest BCUT2D eigenvalue weighted by atomic mass is 10.1. The molecule has 6 nitrogen and oxygen atoms in total. The third-order valence-corrected chi connectivity index (χ3v) is 4.27. The van der Waals surface area contributed by atoms with Crippen molar-refractivity contribution in [1.29, 1.82) is 0 Å². The van der Waals surface area contributed by atoms with Gasteiger partial charge in [0.2, 0.25) is 11.1 Å². The van der Waals surface area contributed by atoms with Crippen molar-refractivity contribution in [1.82, 2.24) is 25.5 Å². The van der Waals surface area contributed by atoms with Crippen LogP contribution in [-0.2, 0) is 11.3 Å². The standard InChI is InChI=1S/C14H19N5OS/c1-9(2)12(21-14-17-10(3)18-19-14)13(20)16-8-11-5-4-6-15-7-11/h4-7,9,12H,8H2,1-3H3,(H,16,20)(H,17,18,19). The minimum Gasteiger partial charge on any atom is -0.351 e. The number of carbonyl (C=O) groups excluding carboxylic acids is 1. The zero-order chi connectivity index (χ0) is 15.2. The molecular formula is C14H19N5OS. The van der Waals surface area contributed by atoms with Crippen molar-refractivity contribution in [3.63, 3.8) is 0 Å². The smallest absolute Gasteiger partial charge is 0.234 e. The van der Waals surface area contributed by atoms with Gasteiger partial charge in [-0.3, -0.25) is 14.9 Å². The zero-order valence-electron chi connectivity index (χ0n) is 12.3. The van der Waals surface area contributed by atoms with Crippen molar-refractivity contribution in [3.05, 3.63) is 35.9 Å². The van der Waals surface area contributed by atoms with E-state index in [1.807, 2.05) is 32.9 Å². The van der Waals surface area contributed by atoms with E-state index in [-0.39, 0.29) is 17.1 Å². The van der Waals surface area contributed by atoms with Crippen LogP contribution in [0.25, 0.3) is 0 Å². The number of carbonyl (C=O) groups is 1. The molecule has 0 aliphatic rings. The number of aryl methyl sites for hydroxylation is 1. The summed E-state index contributed by atoms with van der Waals surface area (Å²) in [7, 11) is 0. The molecule has 112 valence electrons. The lowest BCUT2D eigenvalue weighted by Crippen LogP contribution is -2.35. The van der Waals surface area contributed by atoms with Gasteiger partial charge in [0.1, 0.15) is 5.82 Å². The first-order valence-electron chi connectivity index (χ1n) is 6.78. The Hall–Kier alpha value is -1.89. The Balaban J connectivity index is 1.96. The molecule has 21 heavy (non-hydrogen) atoms. The molecule has 0 aromatic carbocycles. The number of nitrogens with one attached hydrogen (secondary N) is 2. The lowest BCUT2D eigenvalue weighted by Gasteiger charge is -2.18. The van der Waals surface area contributed by atoms with Gasteiger partial charge in [0, 0.05) is 18.9 Å². The van der Waals surface area contributed by atoms with Crippen LogP contribution >= 0.6 is 11.8 Å². The average molecular weight is 305 g/mol. The number of nitrogens with zero attached hydrogens (tertiary/aromatic N) is 3. The van der Waals surface area contributed by atoms with Gasteiger partial charge >= 0.3 is 0 Å². The first-order chi connectivity index (χ1) is 10.1.